The van der Waals surface area contributed by atoms with Crippen molar-refractivity contribution in [3.05, 3.63) is 46.6 Å². The summed E-state index contributed by atoms with van der Waals surface area (Å²) in [6, 6.07) is 5.52. The van der Waals surface area contributed by atoms with Gasteiger partial charge in [0.2, 0.25) is 5.89 Å². The lowest BCUT2D eigenvalue weighted by atomic mass is 10.2. The van der Waals surface area contributed by atoms with Gasteiger partial charge < -0.3 is 4.52 Å². The highest BCUT2D eigenvalue weighted by Gasteiger charge is 2.15. The maximum atomic E-state index is 12.2. The molecule has 0 unspecified atom stereocenters. The predicted octanol–water partition coefficient (Wildman–Crippen LogP) is 2.72. The topological polar surface area (TPSA) is 78.2 Å². The van der Waals surface area contributed by atoms with Gasteiger partial charge in [0.1, 0.15) is 0 Å². The third-order valence-corrected chi connectivity index (χ3v) is 4.86. The molecule has 0 N–H and O–H groups in total. The monoisotopic (exact) mass is 347 g/mol. The van der Waals surface area contributed by atoms with Crippen molar-refractivity contribution in [1.82, 2.24) is 24.3 Å². The molecule has 0 aromatic carbocycles. The molecule has 3 aromatic heterocycles. The highest BCUT2D eigenvalue weighted by molar-refractivity contribution is 7.99. The zero-order chi connectivity index (χ0) is 16.9. The SMILES string of the molecule is CCCCc1noc([C@@H](C)SCCn2nc3ccccn3c2=O)n1. The van der Waals surface area contributed by atoms with E-state index in [-0.39, 0.29) is 10.9 Å². The highest BCUT2D eigenvalue weighted by atomic mass is 32.2. The fourth-order valence-electron chi connectivity index (χ4n) is 2.37. The van der Waals surface area contributed by atoms with Crippen LogP contribution in [0, 0.1) is 0 Å². The van der Waals surface area contributed by atoms with E-state index in [9.17, 15) is 4.79 Å². The zero-order valence-electron chi connectivity index (χ0n) is 13.9. The Morgan fingerprint density at radius 2 is 2.25 bits per heavy atom. The maximum Gasteiger partial charge on any atom is 0.350 e. The molecule has 0 radical (unpaired) electrons. The average Bonchev–Trinajstić information content (AvgIpc) is 3.19. The normalized spacial score (nSPS) is 12.8. The smallest absolute Gasteiger partial charge is 0.338 e. The average molecular weight is 347 g/mol. The molecule has 0 saturated carbocycles. The van der Waals surface area contributed by atoms with E-state index in [1.165, 1.54) is 4.68 Å². The van der Waals surface area contributed by atoms with Gasteiger partial charge in [0, 0.05) is 18.4 Å². The van der Waals surface area contributed by atoms with Crippen molar-refractivity contribution in [3.8, 4) is 0 Å². The lowest BCUT2D eigenvalue weighted by Gasteiger charge is -2.05. The number of rotatable bonds is 8. The van der Waals surface area contributed by atoms with Crippen molar-refractivity contribution in [3.63, 3.8) is 0 Å². The molecule has 3 heterocycles. The van der Waals surface area contributed by atoms with E-state index in [2.05, 4.69) is 22.2 Å². The van der Waals surface area contributed by atoms with E-state index in [1.54, 1.807) is 22.4 Å². The van der Waals surface area contributed by atoms with Crippen molar-refractivity contribution in [1.29, 1.82) is 0 Å². The molecule has 128 valence electrons. The Hall–Kier alpha value is -2.09. The van der Waals surface area contributed by atoms with E-state index < -0.39 is 0 Å². The van der Waals surface area contributed by atoms with Crippen LogP contribution in [-0.4, -0.2) is 30.1 Å². The molecule has 0 aliphatic carbocycles. The van der Waals surface area contributed by atoms with E-state index in [4.69, 9.17) is 4.52 Å². The summed E-state index contributed by atoms with van der Waals surface area (Å²) in [7, 11) is 0. The predicted molar refractivity (Wildman–Crippen MR) is 93.2 cm³/mol. The van der Waals surface area contributed by atoms with Crippen molar-refractivity contribution < 1.29 is 4.52 Å². The number of hydrogen-bond donors (Lipinski definition) is 0. The quantitative estimate of drug-likeness (QED) is 0.623. The van der Waals surface area contributed by atoms with Gasteiger partial charge in [-0.1, -0.05) is 24.6 Å². The molecule has 1 atom stereocenters. The Bertz CT molecular complexity index is 853. The van der Waals surface area contributed by atoms with E-state index >= 15 is 0 Å². The largest absolute Gasteiger partial charge is 0.350 e. The molecule has 3 aromatic rings. The standard InChI is InChI=1S/C16H21N5O2S/c1-3-4-7-13-17-15(23-19-13)12(2)24-11-10-21-16(22)20-9-6-5-8-14(20)18-21/h5-6,8-9,12H,3-4,7,10-11H2,1-2H3/t12-/m1/s1. The summed E-state index contributed by atoms with van der Waals surface area (Å²) < 4.78 is 8.37. The molecule has 0 spiro atoms. The summed E-state index contributed by atoms with van der Waals surface area (Å²) in [5, 5.41) is 8.43. The Kier molecular flexibility index (Phi) is 5.34. The van der Waals surface area contributed by atoms with Gasteiger partial charge in [0.05, 0.1) is 11.8 Å². The molecule has 7 nitrogen and oxygen atoms in total. The van der Waals surface area contributed by atoms with Crippen LogP contribution in [-0.2, 0) is 13.0 Å². The fraction of sp³-hybridized carbons (Fsp3) is 0.500. The minimum atomic E-state index is -0.113. The van der Waals surface area contributed by atoms with Crippen LogP contribution in [0.25, 0.3) is 5.65 Å². The van der Waals surface area contributed by atoms with Gasteiger partial charge >= 0.3 is 5.69 Å². The molecule has 0 amide bonds. The van der Waals surface area contributed by atoms with Gasteiger partial charge in [0.15, 0.2) is 11.5 Å². The summed E-state index contributed by atoms with van der Waals surface area (Å²) in [6.45, 7) is 4.72. The third-order valence-electron chi connectivity index (χ3n) is 3.74. The number of unbranched alkanes of at least 4 members (excludes halogenated alkanes) is 1. The second-order valence-electron chi connectivity index (χ2n) is 5.60. The van der Waals surface area contributed by atoms with Crippen LogP contribution in [0.4, 0.5) is 0 Å². The van der Waals surface area contributed by atoms with Crippen LogP contribution in [0.1, 0.15) is 43.7 Å². The van der Waals surface area contributed by atoms with Gasteiger partial charge in [-0.25, -0.2) is 9.48 Å². The second-order valence-corrected chi connectivity index (χ2v) is 7.05. The van der Waals surface area contributed by atoms with Crippen LogP contribution in [0.5, 0.6) is 0 Å². The Labute approximate surface area is 144 Å². The van der Waals surface area contributed by atoms with Crippen molar-refractivity contribution in [2.75, 3.05) is 5.75 Å². The molecule has 3 rings (SSSR count). The minimum absolute atomic E-state index is 0.0978. The first-order valence-electron chi connectivity index (χ1n) is 8.17. The summed E-state index contributed by atoms with van der Waals surface area (Å²) in [4.78, 5) is 16.6. The van der Waals surface area contributed by atoms with Gasteiger partial charge in [0.25, 0.3) is 0 Å². The Morgan fingerprint density at radius 3 is 3.04 bits per heavy atom. The Morgan fingerprint density at radius 1 is 1.38 bits per heavy atom. The van der Waals surface area contributed by atoms with E-state index in [1.807, 2.05) is 25.1 Å². The maximum absolute atomic E-state index is 12.2. The molecule has 0 bridgehead atoms. The first-order chi connectivity index (χ1) is 11.7. The molecule has 0 aliphatic heterocycles. The summed E-state index contributed by atoms with van der Waals surface area (Å²) in [5.74, 6) is 2.17. The molecule has 0 saturated heterocycles. The van der Waals surface area contributed by atoms with Crippen molar-refractivity contribution in [2.24, 2.45) is 0 Å². The van der Waals surface area contributed by atoms with Crippen LogP contribution >= 0.6 is 11.8 Å². The summed E-state index contributed by atoms with van der Waals surface area (Å²) >= 11 is 1.67. The Balaban J connectivity index is 1.56. The molecular weight excluding hydrogens is 326 g/mol. The van der Waals surface area contributed by atoms with Crippen molar-refractivity contribution in [2.45, 2.75) is 44.9 Å². The highest BCUT2D eigenvalue weighted by Crippen LogP contribution is 2.26. The zero-order valence-corrected chi connectivity index (χ0v) is 14.7. The molecular formula is C16H21N5O2S. The van der Waals surface area contributed by atoms with Crippen LogP contribution < -0.4 is 5.69 Å². The third kappa shape index (κ3) is 3.69. The van der Waals surface area contributed by atoms with Crippen LogP contribution in [0.15, 0.2) is 33.7 Å². The van der Waals surface area contributed by atoms with Gasteiger partial charge in [-0.05, 0) is 25.5 Å². The number of nitrogens with zero attached hydrogens (tertiary/aromatic N) is 5. The number of aromatic nitrogens is 5. The van der Waals surface area contributed by atoms with Gasteiger partial charge in [-0.3, -0.25) is 4.40 Å². The first-order valence-corrected chi connectivity index (χ1v) is 9.22. The lowest BCUT2D eigenvalue weighted by molar-refractivity contribution is 0.374. The number of fused-ring (bicyclic) bond motifs is 1. The lowest BCUT2D eigenvalue weighted by Crippen LogP contribution is -2.22. The summed E-state index contributed by atoms with van der Waals surface area (Å²) in [5.41, 5.74) is 0.552. The first kappa shape index (κ1) is 16.8. The van der Waals surface area contributed by atoms with Crippen molar-refractivity contribution >= 4 is 17.4 Å². The summed E-state index contributed by atoms with van der Waals surface area (Å²) in [6.07, 6.45) is 4.76. The number of hydrogen-bond acceptors (Lipinski definition) is 6. The van der Waals surface area contributed by atoms with Gasteiger partial charge in [-0.2, -0.15) is 4.98 Å². The fourth-order valence-corrected chi connectivity index (χ4v) is 3.24. The van der Waals surface area contributed by atoms with Gasteiger partial charge in [-0.15, -0.1) is 16.9 Å². The number of pyridine rings is 1. The van der Waals surface area contributed by atoms with E-state index in [0.717, 1.165) is 30.8 Å². The van der Waals surface area contributed by atoms with Crippen LogP contribution in [0.3, 0.4) is 0 Å². The second kappa shape index (κ2) is 7.65. The molecule has 8 heteroatoms. The molecule has 24 heavy (non-hydrogen) atoms. The van der Waals surface area contributed by atoms with E-state index in [0.29, 0.717) is 18.1 Å². The molecule has 0 aliphatic rings. The number of thioether (sulfide) groups is 1. The minimum Gasteiger partial charge on any atom is -0.338 e. The van der Waals surface area contributed by atoms with Crippen LogP contribution in [0.2, 0.25) is 0 Å². The number of aryl methyl sites for hydroxylation is 2. The molecule has 0 fully saturated rings.